The minimum atomic E-state index is -0.0951. The van der Waals surface area contributed by atoms with E-state index in [2.05, 4.69) is 24.2 Å². The Hall–Kier alpha value is -1.09. The van der Waals surface area contributed by atoms with Gasteiger partial charge in [0, 0.05) is 30.9 Å². The molecule has 0 bridgehead atoms. The predicted molar refractivity (Wildman–Crippen MR) is 74.4 cm³/mol. The summed E-state index contributed by atoms with van der Waals surface area (Å²) in [5.74, 6) is -0.0951. The quantitative estimate of drug-likeness (QED) is 0.779. The van der Waals surface area contributed by atoms with Gasteiger partial charge < -0.3 is 10.2 Å². The second-order valence-electron chi connectivity index (χ2n) is 5.11. The Bertz CT molecular complexity index is 388. The Kier molecular flexibility index (Phi) is 4.59. The van der Waals surface area contributed by atoms with Crippen LogP contribution in [0.5, 0.6) is 0 Å². The van der Waals surface area contributed by atoms with Gasteiger partial charge in [0.15, 0.2) is 0 Å². The van der Waals surface area contributed by atoms with E-state index >= 15 is 0 Å². The van der Waals surface area contributed by atoms with E-state index in [1.165, 1.54) is 19.3 Å². The van der Waals surface area contributed by atoms with Gasteiger partial charge >= 0.3 is 0 Å². The highest BCUT2D eigenvalue weighted by molar-refractivity contribution is 5.54. The number of benzene rings is 1. The number of hydrogen-bond donors (Lipinski definition) is 1. The number of rotatable bonds is 6. The van der Waals surface area contributed by atoms with Gasteiger partial charge in [0.1, 0.15) is 5.82 Å². The molecule has 2 nitrogen and oxygen atoms in total. The Balaban J connectivity index is 2.14. The highest BCUT2D eigenvalue weighted by Gasteiger charge is 2.24. The van der Waals surface area contributed by atoms with Crippen LogP contribution in [-0.4, -0.2) is 19.6 Å². The van der Waals surface area contributed by atoms with Crippen molar-refractivity contribution in [3.05, 3.63) is 29.6 Å². The van der Waals surface area contributed by atoms with Crippen LogP contribution in [-0.2, 0) is 6.54 Å². The summed E-state index contributed by atoms with van der Waals surface area (Å²) in [6, 6.07) is 5.99. The highest BCUT2D eigenvalue weighted by atomic mass is 19.1. The Morgan fingerprint density at radius 3 is 2.78 bits per heavy atom. The van der Waals surface area contributed by atoms with Crippen molar-refractivity contribution in [1.82, 2.24) is 5.32 Å². The van der Waals surface area contributed by atoms with Crippen molar-refractivity contribution in [2.45, 2.75) is 45.2 Å². The third kappa shape index (κ3) is 2.83. The molecule has 1 saturated carbocycles. The summed E-state index contributed by atoms with van der Waals surface area (Å²) in [5, 5.41) is 3.30. The molecule has 0 aliphatic heterocycles. The molecule has 0 heterocycles. The van der Waals surface area contributed by atoms with Crippen molar-refractivity contribution in [3.8, 4) is 0 Å². The molecule has 1 aliphatic carbocycles. The van der Waals surface area contributed by atoms with Crippen molar-refractivity contribution in [2.24, 2.45) is 0 Å². The van der Waals surface area contributed by atoms with E-state index in [1.807, 2.05) is 12.1 Å². The van der Waals surface area contributed by atoms with Gasteiger partial charge in [0.05, 0.1) is 0 Å². The summed E-state index contributed by atoms with van der Waals surface area (Å²) in [7, 11) is 2.09. The minimum absolute atomic E-state index is 0.0951. The molecule has 1 aromatic rings. The van der Waals surface area contributed by atoms with Crippen LogP contribution < -0.4 is 10.2 Å². The Morgan fingerprint density at radius 2 is 2.17 bits per heavy atom. The molecule has 0 saturated heterocycles. The minimum Gasteiger partial charge on any atom is -0.371 e. The van der Waals surface area contributed by atoms with E-state index in [0.717, 1.165) is 24.2 Å². The lowest BCUT2D eigenvalue weighted by atomic mass is 9.91. The second kappa shape index (κ2) is 6.19. The molecule has 18 heavy (non-hydrogen) atoms. The molecule has 1 aliphatic rings. The van der Waals surface area contributed by atoms with Gasteiger partial charge in [-0.3, -0.25) is 0 Å². The van der Waals surface area contributed by atoms with Crippen molar-refractivity contribution in [3.63, 3.8) is 0 Å². The predicted octanol–water partition coefficient (Wildman–Crippen LogP) is 3.31. The Labute approximate surface area is 109 Å². The van der Waals surface area contributed by atoms with Crippen LogP contribution in [0.4, 0.5) is 10.1 Å². The second-order valence-corrected chi connectivity index (χ2v) is 5.11. The summed E-state index contributed by atoms with van der Waals surface area (Å²) in [5.41, 5.74) is 1.85. The zero-order valence-electron chi connectivity index (χ0n) is 11.4. The lowest BCUT2D eigenvalue weighted by Crippen LogP contribution is -2.38. The molecule has 0 atom stereocenters. The molecule has 1 N–H and O–H groups in total. The lowest BCUT2D eigenvalue weighted by Gasteiger charge is -2.37. The maximum Gasteiger partial charge on any atom is 0.129 e. The third-order valence-corrected chi connectivity index (χ3v) is 3.83. The number of anilines is 1. The molecule has 2 rings (SSSR count). The summed E-state index contributed by atoms with van der Waals surface area (Å²) < 4.78 is 14.0. The lowest BCUT2D eigenvalue weighted by molar-refractivity contribution is 0.400. The first-order valence-corrected chi connectivity index (χ1v) is 6.95. The molecule has 3 heteroatoms. The van der Waals surface area contributed by atoms with Gasteiger partial charge in [0.25, 0.3) is 0 Å². The van der Waals surface area contributed by atoms with Crippen LogP contribution in [0, 0.1) is 5.82 Å². The van der Waals surface area contributed by atoms with Gasteiger partial charge in [-0.1, -0.05) is 13.0 Å². The first-order chi connectivity index (χ1) is 8.74. The van der Waals surface area contributed by atoms with Gasteiger partial charge in [-0.05, 0) is 44.4 Å². The van der Waals surface area contributed by atoms with E-state index in [1.54, 1.807) is 6.07 Å². The molecular formula is C15H23FN2. The highest BCUT2D eigenvalue weighted by Crippen LogP contribution is 2.31. The van der Waals surface area contributed by atoms with Crippen molar-refractivity contribution >= 4 is 5.69 Å². The number of nitrogens with zero attached hydrogens (tertiary/aromatic N) is 1. The molecule has 0 amide bonds. The van der Waals surface area contributed by atoms with Crippen LogP contribution in [0.1, 0.15) is 38.2 Å². The summed E-state index contributed by atoms with van der Waals surface area (Å²) in [4.78, 5) is 2.25. The zero-order valence-corrected chi connectivity index (χ0v) is 11.4. The van der Waals surface area contributed by atoms with Gasteiger partial charge in [0.2, 0.25) is 0 Å². The molecule has 100 valence electrons. The van der Waals surface area contributed by atoms with Crippen LogP contribution in [0.3, 0.4) is 0 Å². The van der Waals surface area contributed by atoms with E-state index in [-0.39, 0.29) is 5.82 Å². The molecule has 0 radical (unpaired) electrons. The third-order valence-electron chi connectivity index (χ3n) is 3.83. The summed E-state index contributed by atoms with van der Waals surface area (Å²) in [6.45, 7) is 3.67. The van der Waals surface area contributed by atoms with Crippen LogP contribution >= 0.6 is 0 Å². The maximum atomic E-state index is 14.0. The SMILES string of the molecule is CCCNCc1c(F)cccc1N(C)C1CCC1. The van der Waals surface area contributed by atoms with E-state index < -0.39 is 0 Å². The number of hydrogen-bond acceptors (Lipinski definition) is 2. The van der Waals surface area contributed by atoms with Crippen LogP contribution in [0.2, 0.25) is 0 Å². The molecular weight excluding hydrogens is 227 g/mol. The topological polar surface area (TPSA) is 15.3 Å². The van der Waals surface area contributed by atoms with E-state index in [0.29, 0.717) is 12.6 Å². The monoisotopic (exact) mass is 250 g/mol. The first kappa shape index (κ1) is 13.3. The standard InChI is InChI=1S/C15H23FN2/c1-3-10-17-11-13-14(16)8-5-9-15(13)18(2)12-6-4-7-12/h5,8-9,12,17H,3-4,6-7,10-11H2,1-2H3. The van der Waals surface area contributed by atoms with Gasteiger partial charge in [-0.2, -0.15) is 0 Å². The summed E-state index contributed by atoms with van der Waals surface area (Å²) >= 11 is 0. The van der Waals surface area contributed by atoms with E-state index in [4.69, 9.17) is 0 Å². The molecule has 0 spiro atoms. The zero-order chi connectivity index (χ0) is 13.0. The fraction of sp³-hybridized carbons (Fsp3) is 0.600. The molecule has 0 aromatic heterocycles. The van der Waals surface area contributed by atoms with Crippen molar-refractivity contribution < 1.29 is 4.39 Å². The Morgan fingerprint density at radius 1 is 1.39 bits per heavy atom. The normalized spacial score (nSPS) is 15.5. The molecule has 1 fully saturated rings. The molecule has 0 unspecified atom stereocenters. The summed E-state index contributed by atoms with van der Waals surface area (Å²) in [6.07, 6.45) is 4.83. The van der Waals surface area contributed by atoms with Crippen molar-refractivity contribution in [1.29, 1.82) is 0 Å². The average molecular weight is 250 g/mol. The van der Waals surface area contributed by atoms with Crippen molar-refractivity contribution in [2.75, 3.05) is 18.5 Å². The number of nitrogens with one attached hydrogen (secondary N) is 1. The van der Waals surface area contributed by atoms with Gasteiger partial charge in [-0.25, -0.2) is 4.39 Å². The largest absolute Gasteiger partial charge is 0.371 e. The number of halogens is 1. The van der Waals surface area contributed by atoms with E-state index in [9.17, 15) is 4.39 Å². The average Bonchev–Trinajstić information content (AvgIpc) is 2.29. The maximum absolute atomic E-state index is 14.0. The fourth-order valence-electron chi connectivity index (χ4n) is 2.41. The first-order valence-electron chi connectivity index (χ1n) is 6.95. The fourth-order valence-corrected chi connectivity index (χ4v) is 2.41. The van der Waals surface area contributed by atoms with Crippen LogP contribution in [0.15, 0.2) is 18.2 Å². The van der Waals surface area contributed by atoms with Crippen LogP contribution in [0.25, 0.3) is 0 Å². The smallest absolute Gasteiger partial charge is 0.129 e. The van der Waals surface area contributed by atoms with Gasteiger partial charge in [-0.15, -0.1) is 0 Å². The molecule has 1 aromatic carbocycles.